The van der Waals surface area contributed by atoms with Gasteiger partial charge in [0.15, 0.2) is 6.04 Å². The molecule has 0 saturated heterocycles. The highest BCUT2D eigenvalue weighted by atomic mass is 35.5. The van der Waals surface area contributed by atoms with Gasteiger partial charge in [0, 0.05) is 5.02 Å². The maximum Gasteiger partial charge on any atom is 0.282 e. The number of benzene rings is 1. The summed E-state index contributed by atoms with van der Waals surface area (Å²) in [6.45, 7) is 1.98. The lowest BCUT2D eigenvalue weighted by Crippen LogP contribution is -2.58. The topological polar surface area (TPSA) is 29.1 Å². The third-order valence-corrected chi connectivity index (χ3v) is 5.38. The Hall–Kier alpha value is -0.770. The summed E-state index contributed by atoms with van der Waals surface area (Å²) >= 11 is 12.0. The van der Waals surface area contributed by atoms with Crippen LogP contribution < -0.4 is 5.32 Å². The van der Waals surface area contributed by atoms with Gasteiger partial charge in [-0.3, -0.25) is 4.79 Å². The SMILES string of the molecule is C[C@@H](C(=O)Nc1ccc(Cl)cc1Cl)[N+](C)(C)C1CCCC1. The fourth-order valence-corrected chi connectivity index (χ4v) is 3.47. The molecule has 116 valence electrons. The second-order valence-electron chi connectivity index (χ2n) is 6.36. The van der Waals surface area contributed by atoms with Crippen LogP contribution in [0.4, 0.5) is 5.69 Å². The third-order valence-electron chi connectivity index (χ3n) is 4.83. The van der Waals surface area contributed by atoms with Gasteiger partial charge in [0.25, 0.3) is 5.91 Å². The lowest BCUT2D eigenvalue weighted by molar-refractivity contribution is -0.927. The molecule has 0 aromatic heterocycles. The normalized spacial score (nSPS) is 17.8. The fourth-order valence-electron chi connectivity index (χ4n) is 3.02. The summed E-state index contributed by atoms with van der Waals surface area (Å²) in [7, 11) is 4.29. The highest BCUT2D eigenvalue weighted by Gasteiger charge is 2.39. The van der Waals surface area contributed by atoms with Crippen molar-refractivity contribution in [1.82, 2.24) is 0 Å². The highest BCUT2D eigenvalue weighted by molar-refractivity contribution is 6.36. The Labute approximate surface area is 136 Å². The molecule has 1 amide bonds. The van der Waals surface area contributed by atoms with Crippen molar-refractivity contribution in [1.29, 1.82) is 0 Å². The zero-order valence-electron chi connectivity index (χ0n) is 12.8. The average Bonchev–Trinajstić information content (AvgIpc) is 2.95. The van der Waals surface area contributed by atoms with Crippen molar-refractivity contribution in [2.24, 2.45) is 0 Å². The van der Waals surface area contributed by atoms with Crippen LogP contribution >= 0.6 is 23.2 Å². The van der Waals surface area contributed by atoms with E-state index >= 15 is 0 Å². The molecule has 1 fully saturated rings. The highest BCUT2D eigenvalue weighted by Crippen LogP contribution is 2.30. The maximum absolute atomic E-state index is 12.5. The molecule has 0 bridgehead atoms. The number of hydrogen-bond acceptors (Lipinski definition) is 1. The van der Waals surface area contributed by atoms with Gasteiger partial charge in [0.05, 0.1) is 30.8 Å². The monoisotopic (exact) mass is 329 g/mol. The van der Waals surface area contributed by atoms with E-state index in [1.807, 2.05) is 6.92 Å². The van der Waals surface area contributed by atoms with Gasteiger partial charge in [-0.15, -0.1) is 0 Å². The summed E-state index contributed by atoms with van der Waals surface area (Å²) in [6.07, 6.45) is 4.94. The standard InChI is InChI=1S/C16H22Cl2N2O/c1-11(20(2,3)13-6-4-5-7-13)16(21)19-15-9-8-12(17)10-14(15)18/h8-11,13H,4-7H2,1-3H3/p+1/t11-/m0/s1. The molecule has 5 heteroatoms. The second kappa shape index (κ2) is 6.55. The molecule has 1 aliphatic carbocycles. The first-order valence-electron chi connectivity index (χ1n) is 7.41. The van der Waals surface area contributed by atoms with Crippen molar-refractivity contribution < 1.29 is 9.28 Å². The largest absolute Gasteiger partial charge is 0.320 e. The number of carbonyl (C=O) groups is 1. The van der Waals surface area contributed by atoms with E-state index in [0.717, 1.165) is 4.48 Å². The number of carbonyl (C=O) groups excluding carboxylic acids is 1. The molecule has 1 N–H and O–H groups in total. The lowest BCUT2D eigenvalue weighted by atomic mass is 10.1. The Morgan fingerprint density at radius 2 is 1.90 bits per heavy atom. The smallest absolute Gasteiger partial charge is 0.282 e. The minimum atomic E-state index is -0.125. The molecule has 2 rings (SSSR count). The van der Waals surface area contributed by atoms with Crippen LogP contribution in [0.5, 0.6) is 0 Å². The summed E-state index contributed by atoms with van der Waals surface area (Å²) in [5.74, 6) is -0.00359. The first-order valence-corrected chi connectivity index (χ1v) is 8.17. The maximum atomic E-state index is 12.5. The lowest BCUT2D eigenvalue weighted by Gasteiger charge is -2.40. The van der Waals surface area contributed by atoms with E-state index in [0.29, 0.717) is 21.8 Å². The van der Waals surface area contributed by atoms with Crippen LogP contribution in [0.1, 0.15) is 32.6 Å². The molecule has 0 heterocycles. The number of hydrogen-bond donors (Lipinski definition) is 1. The Bertz CT molecular complexity index is 525. The molecule has 0 unspecified atom stereocenters. The Morgan fingerprint density at radius 3 is 2.48 bits per heavy atom. The van der Waals surface area contributed by atoms with E-state index in [9.17, 15) is 4.79 Å². The van der Waals surface area contributed by atoms with Crippen molar-refractivity contribution >= 4 is 34.8 Å². The molecule has 21 heavy (non-hydrogen) atoms. The molecule has 3 nitrogen and oxygen atoms in total. The van der Waals surface area contributed by atoms with Crippen molar-refractivity contribution in [3.63, 3.8) is 0 Å². The quantitative estimate of drug-likeness (QED) is 0.818. The van der Waals surface area contributed by atoms with Crippen LogP contribution in [0.3, 0.4) is 0 Å². The molecule has 0 aliphatic heterocycles. The first kappa shape index (κ1) is 16.6. The number of nitrogens with zero attached hydrogens (tertiary/aromatic N) is 1. The molecule has 1 atom stereocenters. The zero-order chi connectivity index (χ0) is 15.6. The summed E-state index contributed by atoms with van der Waals surface area (Å²) in [4.78, 5) is 12.5. The third kappa shape index (κ3) is 3.71. The van der Waals surface area contributed by atoms with Crippen molar-refractivity contribution in [3.05, 3.63) is 28.2 Å². The van der Waals surface area contributed by atoms with Crippen molar-refractivity contribution in [2.75, 3.05) is 19.4 Å². The van der Waals surface area contributed by atoms with Crippen molar-refractivity contribution in [2.45, 2.75) is 44.7 Å². The number of nitrogens with one attached hydrogen (secondary N) is 1. The van der Waals surface area contributed by atoms with Crippen LogP contribution in [0.2, 0.25) is 10.0 Å². The van der Waals surface area contributed by atoms with Crippen LogP contribution in [0.15, 0.2) is 18.2 Å². The summed E-state index contributed by atoms with van der Waals surface area (Å²) < 4.78 is 0.719. The summed E-state index contributed by atoms with van der Waals surface area (Å²) in [6, 6.07) is 5.54. The average molecular weight is 330 g/mol. The van der Waals surface area contributed by atoms with E-state index < -0.39 is 0 Å². The number of amides is 1. The molecule has 1 aliphatic rings. The number of likely N-dealkylation sites (N-methyl/N-ethyl adjacent to an activating group) is 1. The number of rotatable bonds is 4. The Kier molecular flexibility index (Phi) is 5.18. The number of anilines is 1. The predicted octanol–water partition coefficient (Wildman–Crippen LogP) is 4.34. The van der Waals surface area contributed by atoms with E-state index in [1.54, 1.807) is 18.2 Å². The minimum Gasteiger partial charge on any atom is -0.320 e. The molecule has 1 saturated carbocycles. The van der Waals surface area contributed by atoms with E-state index in [1.165, 1.54) is 25.7 Å². The molecule has 0 spiro atoms. The van der Waals surface area contributed by atoms with E-state index in [4.69, 9.17) is 23.2 Å². The molecular weight excluding hydrogens is 307 g/mol. The first-order chi connectivity index (χ1) is 9.82. The van der Waals surface area contributed by atoms with E-state index in [2.05, 4.69) is 19.4 Å². The van der Waals surface area contributed by atoms with E-state index in [-0.39, 0.29) is 11.9 Å². The van der Waals surface area contributed by atoms with Gasteiger partial charge in [-0.1, -0.05) is 23.2 Å². The summed E-state index contributed by atoms with van der Waals surface area (Å²) in [5.41, 5.74) is 0.615. The molecule has 0 radical (unpaired) electrons. The van der Waals surface area contributed by atoms with Gasteiger partial charge in [-0.2, -0.15) is 0 Å². The molecular formula is C16H23Cl2N2O+. The zero-order valence-corrected chi connectivity index (χ0v) is 14.3. The van der Waals surface area contributed by atoms with Crippen LogP contribution in [-0.2, 0) is 4.79 Å². The van der Waals surface area contributed by atoms with Gasteiger partial charge in [-0.25, -0.2) is 0 Å². The molecule has 1 aromatic rings. The molecule has 1 aromatic carbocycles. The summed E-state index contributed by atoms with van der Waals surface area (Å²) in [5, 5.41) is 3.95. The number of quaternary nitrogens is 1. The number of halogens is 2. The Morgan fingerprint density at radius 1 is 1.29 bits per heavy atom. The van der Waals surface area contributed by atoms with Gasteiger partial charge >= 0.3 is 0 Å². The van der Waals surface area contributed by atoms with Crippen molar-refractivity contribution in [3.8, 4) is 0 Å². The van der Waals surface area contributed by atoms with Gasteiger partial charge in [0.1, 0.15) is 0 Å². The fraction of sp³-hybridized carbons (Fsp3) is 0.562. The van der Waals surface area contributed by atoms with Gasteiger partial charge in [-0.05, 0) is 50.8 Å². The van der Waals surface area contributed by atoms with Crippen LogP contribution in [0.25, 0.3) is 0 Å². The Balaban J connectivity index is 2.08. The second-order valence-corrected chi connectivity index (χ2v) is 7.20. The predicted molar refractivity (Wildman–Crippen MR) is 88.9 cm³/mol. The van der Waals surface area contributed by atoms with Crippen LogP contribution in [0, 0.1) is 0 Å². The van der Waals surface area contributed by atoms with Gasteiger partial charge < -0.3 is 9.80 Å². The minimum absolute atomic E-state index is 0.00359. The van der Waals surface area contributed by atoms with Crippen LogP contribution in [-0.4, -0.2) is 36.6 Å². The van der Waals surface area contributed by atoms with Gasteiger partial charge in [0.2, 0.25) is 0 Å².